The molecule has 2 heterocycles. The van der Waals surface area contributed by atoms with E-state index in [-0.39, 0.29) is 0 Å². The molecule has 2 saturated carbocycles. The molecule has 1 atom stereocenters. The van der Waals surface area contributed by atoms with Crippen LogP contribution in [0.25, 0.3) is 5.65 Å². The van der Waals surface area contributed by atoms with Crippen molar-refractivity contribution < 1.29 is 0 Å². The largest absolute Gasteiger partial charge is 0.314 e. The number of pyridine rings is 1. The number of aromatic nitrogens is 2. The number of nitrogens with one attached hydrogen (secondary N) is 1. The van der Waals surface area contributed by atoms with Crippen molar-refractivity contribution >= 4 is 5.65 Å². The van der Waals surface area contributed by atoms with Crippen LogP contribution in [-0.2, 0) is 13.0 Å². The van der Waals surface area contributed by atoms with Crippen LogP contribution in [0.15, 0.2) is 54.9 Å². The lowest BCUT2D eigenvalue weighted by Gasteiger charge is -2.41. The van der Waals surface area contributed by atoms with E-state index in [2.05, 4.69) is 69.5 Å². The number of benzene rings is 1. The minimum atomic E-state index is 0.420. The predicted molar refractivity (Wildman–Crippen MR) is 127 cm³/mol. The third-order valence-corrected chi connectivity index (χ3v) is 7.41. The quantitative estimate of drug-likeness (QED) is 0.491. The number of fused-ring (bicyclic) bond motifs is 1. The van der Waals surface area contributed by atoms with Crippen molar-refractivity contribution in [1.82, 2.24) is 19.6 Å². The van der Waals surface area contributed by atoms with Gasteiger partial charge in [0.05, 0.1) is 5.69 Å². The van der Waals surface area contributed by atoms with Crippen molar-refractivity contribution in [2.24, 2.45) is 11.8 Å². The summed E-state index contributed by atoms with van der Waals surface area (Å²) in [6.45, 7) is 3.31. The Kier molecular flexibility index (Phi) is 6.37. The van der Waals surface area contributed by atoms with E-state index in [0.29, 0.717) is 6.04 Å². The van der Waals surface area contributed by atoms with Crippen LogP contribution in [0.2, 0.25) is 0 Å². The fourth-order valence-electron chi connectivity index (χ4n) is 5.16. The molecule has 5 rings (SSSR count). The highest BCUT2D eigenvalue weighted by molar-refractivity contribution is 5.42. The topological polar surface area (TPSA) is 32.6 Å². The highest BCUT2D eigenvalue weighted by Gasteiger charge is 2.30. The Balaban J connectivity index is 1.47. The third kappa shape index (κ3) is 4.86. The standard InChI is InChI=1S/C27H36N4/c1-28-16-25-20-31-19-24(13-14-27(31)29-25)26(15-21-7-3-2-4-8-21)30(17-22-9-5-10-22)18-23-11-6-12-23/h2-4,7-8,13-14,19-20,22-23,26,28H,5-6,9-12,15-18H2,1H3. The molecule has 3 aromatic rings. The van der Waals surface area contributed by atoms with Gasteiger partial charge in [-0.3, -0.25) is 4.90 Å². The van der Waals surface area contributed by atoms with Gasteiger partial charge in [-0.05, 0) is 68.2 Å². The first-order valence-electron chi connectivity index (χ1n) is 12.2. The fraction of sp³-hybridized carbons (Fsp3) is 0.519. The summed E-state index contributed by atoms with van der Waals surface area (Å²) in [5.41, 5.74) is 4.99. The summed E-state index contributed by atoms with van der Waals surface area (Å²) in [5.74, 6) is 1.77. The number of nitrogens with zero attached hydrogens (tertiary/aromatic N) is 3. The van der Waals surface area contributed by atoms with Crippen LogP contribution in [0.4, 0.5) is 0 Å². The second-order valence-corrected chi connectivity index (χ2v) is 9.74. The van der Waals surface area contributed by atoms with Crippen LogP contribution >= 0.6 is 0 Å². The Labute approximate surface area is 186 Å². The molecular formula is C27H36N4. The van der Waals surface area contributed by atoms with Gasteiger partial charge in [-0.2, -0.15) is 0 Å². The van der Waals surface area contributed by atoms with Crippen LogP contribution in [0.3, 0.4) is 0 Å². The van der Waals surface area contributed by atoms with Crippen LogP contribution < -0.4 is 5.32 Å². The summed E-state index contributed by atoms with van der Waals surface area (Å²) >= 11 is 0. The monoisotopic (exact) mass is 416 g/mol. The molecule has 0 amide bonds. The minimum Gasteiger partial charge on any atom is -0.314 e. The number of hydrogen-bond acceptors (Lipinski definition) is 3. The van der Waals surface area contributed by atoms with Crippen LogP contribution in [0, 0.1) is 11.8 Å². The summed E-state index contributed by atoms with van der Waals surface area (Å²) in [5, 5.41) is 3.22. The summed E-state index contributed by atoms with van der Waals surface area (Å²) in [4.78, 5) is 7.60. The molecule has 0 spiro atoms. The highest BCUT2D eigenvalue weighted by atomic mass is 15.2. The Morgan fingerprint density at radius 3 is 2.29 bits per heavy atom. The first-order valence-corrected chi connectivity index (χ1v) is 12.2. The molecule has 164 valence electrons. The average molecular weight is 417 g/mol. The molecule has 0 radical (unpaired) electrons. The molecule has 0 bridgehead atoms. The minimum absolute atomic E-state index is 0.420. The Morgan fingerprint density at radius 2 is 1.68 bits per heavy atom. The van der Waals surface area contributed by atoms with Gasteiger partial charge in [-0.25, -0.2) is 4.98 Å². The predicted octanol–water partition coefficient (Wildman–Crippen LogP) is 5.24. The van der Waals surface area contributed by atoms with E-state index in [1.54, 1.807) is 0 Å². The first kappa shape index (κ1) is 20.7. The lowest BCUT2D eigenvalue weighted by atomic mass is 9.81. The molecule has 2 fully saturated rings. The molecule has 1 unspecified atom stereocenters. The Morgan fingerprint density at radius 1 is 0.968 bits per heavy atom. The van der Waals surface area contributed by atoms with Gasteiger partial charge in [0, 0.05) is 38.1 Å². The van der Waals surface area contributed by atoms with E-state index in [1.165, 1.54) is 62.7 Å². The summed E-state index contributed by atoms with van der Waals surface area (Å²) in [6.07, 6.45) is 14.1. The van der Waals surface area contributed by atoms with Crippen LogP contribution in [-0.4, -0.2) is 34.4 Å². The van der Waals surface area contributed by atoms with Gasteiger partial charge in [0.2, 0.25) is 0 Å². The number of rotatable bonds is 10. The van der Waals surface area contributed by atoms with Crippen molar-refractivity contribution in [2.45, 2.75) is 57.5 Å². The lowest BCUT2D eigenvalue weighted by Crippen LogP contribution is -2.41. The third-order valence-electron chi connectivity index (χ3n) is 7.41. The highest BCUT2D eigenvalue weighted by Crippen LogP contribution is 2.36. The molecule has 4 heteroatoms. The molecule has 0 aliphatic heterocycles. The summed E-state index contributed by atoms with van der Waals surface area (Å²) in [7, 11) is 1.98. The van der Waals surface area contributed by atoms with Gasteiger partial charge in [0.25, 0.3) is 0 Å². The SMILES string of the molecule is CNCc1cn2cc(C(Cc3ccccc3)N(CC3CCC3)CC3CCC3)ccc2n1. The molecule has 0 saturated heterocycles. The Bertz CT molecular complexity index is 955. The molecule has 2 aromatic heterocycles. The molecule has 4 nitrogen and oxygen atoms in total. The van der Waals surface area contributed by atoms with Gasteiger partial charge >= 0.3 is 0 Å². The molecular weight excluding hydrogens is 380 g/mol. The molecule has 1 aromatic carbocycles. The van der Waals surface area contributed by atoms with E-state index >= 15 is 0 Å². The van der Waals surface area contributed by atoms with E-state index < -0.39 is 0 Å². The van der Waals surface area contributed by atoms with Gasteiger partial charge < -0.3 is 9.72 Å². The summed E-state index contributed by atoms with van der Waals surface area (Å²) < 4.78 is 2.23. The van der Waals surface area contributed by atoms with Crippen molar-refractivity contribution in [3.8, 4) is 0 Å². The van der Waals surface area contributed by atoms with E-state index in [0.717, 1.165) is 36.1 Å². The lowest BCUT2D eigenvalue weighted by molar-refractivity contribution is 0.0910. The second kappa shape index (κ2) is 9.54. The molecule has 1 N–H and O–H groups in total. The fourth-order valence-corrected chi connectivity index (χ4v) is 5.16. The van der Waals surface area contributed by atoms with E-state index in [4.69, 9.17) is 4.98 Å². The van der Waals surface area contributed by atoms with Crippen LogP contribution in [0.5, 0.6) is 0 Å². The van der Waals surface area contributed by atoms with Gasteiger partial charge in [-0.1, -0.05) is 49.2 Å². The zero-order chi connectivity index (χ0) is 21.0. The Hall–Kier alpha value is -2.17. The van der Waals surface area contributed by atoms with Gasteiger partial charge in [0.1, 0.15) is 5.65 Å². The van der Waals surface area contributed by atoms with Crippen molar-refractivity contribution in [2.75, 3.05) is 20.1 Å². The van der Waals surface area contributed by atoms with Crippen molar-refractivity contribution in [3.05, 3.63) is 71.7 Å². The maximum Gasteiger partial charge on any atom is 0.137 e. The maximum absolute atomic E-state index is 4.76. The number of hydrogen-bond donors (Lipinski definition) is 1. The molecule has 2 aliphatic carbocycles. The first-order chi connectivity index (χ1) is 15.3. The molecule has 2 aliphatic rings. The zero-order valence-electron chi connectivity index (χ0n) is 18.8. The number of imidazole rings is 1. The van der Waals surface area contributed by atoms with Gasteiger partial charge in [0.15, 0.2) is 0 Å². The van der Waals surface area contributed by atoms with Gasteiger partial charge in [-0.15, -0.1) is 0 Å². The average Bonchev–Trinajstić information content (AvgIpc) is 3.12. The second-order valence-electron chi connectivity index (χ2n) is 9.74. The van der Waals surface area contributed by atoms with E-state index in [9.17, 15) is 0 Å². The maximum atomic E-state index is 4.76. The molecule has 31 heavy (non-hydrogen) atoms. The van der Waals surface area contributed by atoms with Crippen LogP contribution in [0.1, 0.15) is 61.4 Å². The van der Waals surface area contributed by atoms with E-state index in [1.807, 2.05) is 7.05 Å². The zero-order valence-corrected chi connectivity index (χ0v) is 18.8. The summed E-state index contributed by atoms with van der Waals surface area (Å²) in [6, 6.07) is 16.0. The normalized spacial score (nSPS) is 18.3. The van der Waals surface area contributed by atoms with Crippen molar-refractivity contribution in [3.63, 3.8) is 0 Å². The smallest absolute Gasteiger partial charge is 0.137 e. The van der Waals surface area contributed by atoms with Crippen molar-refractivity contribution in [1.29, 1.82) is 0 Å².